The van der Waals surface area contributed by atoms with Gasteiger partial charge in [-0.1, -0.05) is 42.5 Å². The van der Waals surface area contributed by atoms with Gasteiger partial charge < -0.3 is 10.4 Å². The molecule has 1 heterocycles. The van der Waals surface area contributed by atoms with Crippen molar-refractivity contribution < 1.29 is 9.90 Å². The number of aromatic nitrogens is 2. The van der Waals surface area contributed by atoms with Gasteiger partial charge in [0, 0.05) is 15.6 Å². The van der Waals surface area contributed by atoms with Crippen LogP contribution in [0.1, 0.15) is 28.1 Å². The van der Waals surface area contributed by atoms with Crippen LogP contribution in [0.2, 0.25) is 0 Å². The second-order valence-electron chi connectivity index (χ2n) is 8.17. The maximum absolute atomic E-state index is 12.9. The molecule has 5 rings (SSSR count). The number of anilines is 1. The van der Waals surface area contributed by atoms with Crippen molar-refractivity contribution in [2.24, 2.45) is 0 Å². The fraction of sp³-hybridized carbons (Fsp3) is 0.148. The number of phenolic OH excluding ortho intramolecular Hbond substituents is 1. The maximum atomic E-state index is 12.9. The van der Waals surface area contributed by atoms with Gasteiger partial charge in [-0.05, 0) is 82.5 Å². The molecule has 0 atom stereocenters. The third kappa shape index (κ3) is 4.90. The van der Waals surface area contributed by atoms with Gasteiger partial charge in [0.05, 0.1) is 23.5 Å². The largest absolute Gasteiger partial charge is 0.508 e. The molecule has 0 saturated heterocycles. The molecule has 1 aromatic heterocycles. The second kappa shape index (κ2) is 9.31. The summed E-state index contributed by atoms with van der Waals surface area (Å²) < 4.78 is 1.14. The molecule has 0 bridgehead atoms. The van der Waals surface area contributed by atoms with Crippen LogP contribution in [-0.4, -0.2) is 21.0 Å². The Morgan fingerprint density at radius 1 is 0.939 bits per heavy atom. The van der Waals surface area contributed by atoms with Crippen LogP contribution in [-0.2, 0) is 30.5 Å². The Balaban J connectivity index is 1.50. The predicted molar refractivity (Wildman–Crippen MR) is 137 cm³/mol. The first-order valence-electron chi connectivity index (χ1n) is 10.9. The highest BCUT2D eigenvalue weighted by Crippen LogP contribution is 2.35. The van der Waals surface area contributed by atoms with Gasteiger partial charge in [0.2, 0.25) is 5.91 Å². The molecule has 6 heteroatoms. The number of hydrogen-bond donors (Lipinski definition) is 2. The van der Waals surface area contributed by atoms with Crippen LogP contribution in [0, 0.1) is 3.57 Å². The molecule has 164 valence electrons. The molecule has 2 N–H and O–H groups in total. The lowest BCUT2D eigenvalue weighted by Crippen LogP contribution is -2.20. The molecule has 5 nitrogen and oxygen atoms in total. The fourth-order valence-electron chi connectivity index (χ4n) is 4.14. The van der Waals surface area contributed by atoms with E-state index >= 15 is 0 Å². The Hall–Kier alpha value is -3.26. The summed E-state index contributed by atoms with van der Waals surface area (Å²) in [5, 5.41) is 12.9. The number of amides is 1. The highest BCUT2D eigenvalue weighted by atomic mass is 127. The van der Waals surface area contributed by atoms with Gasteiger partial charge in [-0.2, -0.15) is 0 Å². The van der Waals surface area contributed by atoms with Crippen LogP contribution >= 0.6 is 22.6 Å². The number of fused-ring (bicyclic) bond motifs is 3. The minimum Gasteiger partial charge on any atom is -0.508 e. The summed E-state index contributed by atoms with van der Waals surface area (Å²) in [6.45, 7) is 0. The summed E-state index contributed by atoms with van der Waals surface area (Å²) in [6, 6.07) is 23.4. The molecule has 0 saturated carbocycles. The number of carbonyl (C=O) groups is 1. The Kier molecular flexibility index (Phi) is 6.09. The van der Waals surface area contributed by atoms with E-state index in [1.54, 1.807) is 12.1 Å². The highest BCUT2D eigenvalue weighted by Gasteiger charge is 2.23. The minimum absolute atomic E-state index is 0.110. The Labute approximate surface area is 206 Å². The van der Waals surface area contributed by atoms with Gasteiger partial charge in [-0.25, -0.2) is 9.97 Å². The average molecular weight is 547 g/mol. The Bertz CT molecular complexity index is 1320. The van der Waals surface area contributed by atoms with Crippen LogP contribution in [0.5, 0.6) is 5.75 Å². The Morgan fingerprint density at radius 2 is 1.73 bits per heavy atom. The van der Waals surface area contributed by atoms with Crippen molar-refractivity contribution in [3.05, 3.63) is 104 Å². The van der Waals surface area contributed by atoms with Gasteiger partial charge in [-0.3, -0.25) is 4.79 Å². The normalized spacial score (nSPS) is 12.0. The number of aromatic hydroxyl groups is 1. The van der Waals surface area contributed by atoms with E-state index in [2.05, 4.69) is 27.9 Å². The van der Waals surface area contributed by atoms with Crippen molar-refractivity contribution in [1.29, 1.82) is 0 Å². The van der Waals surface area contributed by atoms with Crippen molar-refractivity contribution in [2.45, 2.75) is 25.7 Å². The van der Waals surface area contributed by atoms with E-state index in [9.17, 15) is 9.90 Å². The molecule has 0 unspecified atom stereocenters. The number of nitrogens with zero attached hydrogens (tertiary/aromatic N) is 2. The molecule has 0 aliphatic heterocycles. The molecule has 0 spiro atoms. The van der Waals surface area contributed by atoms with Crippen LogP contribution in [0.4, 0.5) is 5.82 Å². The van der Waals surface area contributed by atoms with Gasteiger partial charge in [0.15, 0.2) is 5.82 Å². The van der Waals surface area contributed by atoms with Crippen molar-refractivity contribution in [3.8, 4) is 17.0 Å². The number of aryl methyl sites for hydroxylation is 2. The maximum Gasteiger partial charge on any atom is 0.229 e. The first-order valence-corrected chi connectivity index (χ1v) is 11.9. The third-order valence-corrected chi connectivity index (χ3v) is 6.48. The van der Waals surface area contributed by atoms with Crippen LogP contribution in [0.3, 0.4) is 0 Å². The number of hydrogen-bond acceptors (Lipinski definition) is 4. The van der Waals surface area contributed by atoms with Gasteiger partial charge in [0.1, 0.15) is 5.75 Å². The zero-order chi connectivity index (χ0) is 22.8. The van der Waals surface area contributed by atoms with Crippen molar-refractivity contribution in [1.82, 2.24) is 9.97 Å². The van der Waals surface area contributed by atoms with Gasteiger partial charge >= 0.3 is 0 Å². The predicted octanol–water partition coefficient (Wildman–Crippen LogP) is 5.32. The molecule has 1 aliphatic carbocycles. The third-order valence-electron chi connectivity index (χ3n) is 5.77. The number of benzene rings is 3. The molecule has 0 fully saturated rings. The SMILES string of the molecule is O=C(Cc1ccc(I)cc1)Nc1nc2c(nc1Cc1ccccc1)-c1ccc(O)cc1CC2. The lowest BCUT2D eigenvalue weighted by molar-refractivity contribution is -0.115. The standard InChI is InChI=1S/C27H22IN3O2/c28-20-9-6-18(7-10-20)15-25(33)31-27-24(14-17-4-2-1-3-5-17)29-26-22-12-11-21(32)16-19(22)8-13-23(26)30-27/h1-7,9-12,16,32H,8,13-15H2,(H,30,31,33). The average Bonchev–Trinajstić information content (AvgIpc) is 2.81. The second-order valence-corrected chi connectivity index (χ2v) is 9.42. The van der Waals surface area contributed by atoms with E-state index in [0.717, 1.165) is 49.3 Å². The summed E-state index contributed by atoms with van der Waals surface area (Å²) in [5.74, 6) is 0.672. The monoisotopic (exact) mass is 547 g/mol. The minimum atomic E-state index is -0.110. The van der Waals surface area contributed by atoms with Gasteiger partial charge in [0.25, 0.3) is 0 Å². The first kappa shape index (κ1) is 21.6. The lowest BCUT2D eigenvalue weighted by Gasteiger charge is -2.21. The van der Waals surface area contributed by atoms with Crippen LogP contribution in [0.15, 0.2) is 72.8 Å². The van der Waals surface area contributed by atoms with E-state index in [4.69, 9.17) is 9.97 Å². The quantitative estimate of drug-likeness (QED) is 0.332. The molecule has 0 radical (unpaired) electrons. The van der Waals surface area contributed by atoms with Gasteiger partial charge in [-0.15, -0.1) is 0 Å². The summed E-state index contributed by atoms with van der Waals surface area (Å²) >= 11 is 2.25. The summed E-state index contributed by atoms with van der Waals surface area (Å²) in [5.41, 5.74) is 6.55. The summed E-state index contributed by atoms with van der Waals surface area (Å²) in [7, 11) is 0. The number of nitrogens with one attached hydrogen (secondary N) is 1. The molecule has 1 amide bonds. The van der Waals surface area contributed by atoms with E-state index in [-0.39, 0.29) is 18.1 Å². The summed E-state index contributed by atoms with van der Waals surface area (Å²) in [6.07, 6.45) is 2.33. The molecule has 4 aromatic rings. The zero-order valence-electron chi connectivity index (χ0n) is 17.9. The van der Waals surface area contributed by atoms with E-state index < -0.39 is 0 Å². The molecular weight excluding hydrogens is 525 g/mol. The summed E-state index contributed by atoms with van der Waals surface area (Å²) in [4.78, 5) is 22.7. The smallest absolute Gasteiger partial charge is 0.229 e. The van der Waals surface area contributed by atoms with Crippen molar-refractivity contribution in [2.75, 3.05) is 5.32 Å². The first-order chi connectivity index (χ1) is 16.0. The zero-order valence-corrected chi connectivity index (χ0v) is 20.0. The van der Waals surface area contributed by atoms with Crippen LogP contribution < -0.4 is 5.32 Å². The number of halogens is 1. The molecule has 3 aromatic carbocycles. The lowest BCUT2D eigenvalue weighted by atomic mass is 9.91. The highest BCUT2D eigenvalue weighted by molar-refractivity contribution is 14.1. The number of phenols is 1. The number of carbonyl (C=O) groups excluding carboxylic acids is 1. The van der Waals surface area contributed by atoms with Crippen molar-refractivity contribution in [3.63, 3.8) is 0 Å². The Morgan fingerprint density at radius 3 is 2.52 bits per heavy atom. The van der Waals surface area contributed by atoms with E-state index in [0.29, 0.717) is 18.7 Å². The van der Waals surface area contributed by atoms with Crippen molar-refractivity contribution >= 4 is 34.3 Å². The van der Waals surface area contributed by atoms with E-state index in [1.807, 2.05) is 60.7 Å². The molecular formula is C27H22IN3O2. The van der Waals surface area contributed by atoms with E-state index in [1.165, 1.54) is 0 Å². The fourth-order valence-corrected chi connectivity index (χ4v) is 4.50. The van der Waals surface area contributed by atoms with Crippen LogP contribution in [0.25, 0.3) is 11.3 Å². The molecule has 33 heavy (non-hydrogen) atoms. The molecule has 1 aliphatic rings. The topological polar surface area (TPSA) is 75.1 Å². The number of rotatable bonds is 5.